The van der Waals surface area contributed by atoms with Gasteiger partial charge in [-0.25, -0.2) is 0 Å². The largest absolute Gasteiger partial charge is 0.497 e. The number of carbonyl (C=O) groups is 1. The molecule has 100 valence electrons. The van der Waals surface area contributed by atoms with Gasteiger partial charge in [0.15, 0.2) is 0 Å². The maximum atomic E-state index is 12.3. The van der Waals surface area contributed by atoms with Crippen LogP contribution in [0, 0.1) is 0 Å². The van der Waals surface area contributed by atoms with Crippen LogP contribution < -0.4 is 9.47 Å². The molecular formula is C13H18ClNO3. The summed E-state index contributed by atoms with van der Waals surface area (Å²) >= 11 is 5.69. The van der Waals surface area contributed by atoms with Crippen LogP contribution in [0.15, 0.2) is 18.2 Å². The topological polar surface area (TPSA) is 38.8 Å². The Bertz CT molecular complexity index is 409. The molecule has 0 aliphatic carbocycles. The summed E-state index contributed by atoms with van der Waals surface area (Å²) in [7, 11) is 3.10. The van der Waals surface area contributed by atoms with Crippen LogP contribution in [-0.2, 0) is 0 Å². The zero-order valence-corrected chi connectivity index (χ0v) is 11.7. The minimum Gasteiger partial charge on any atom is -0.497 e. The Hall–Kier alpha value is -1.42. The lowest BCUT2D eigenvalue weighted by molar-refractivity contribution is 0.0770. The van der Waals surface area contributed by atoms with Gasteiger partial charge in [-0.3, -0.25) is 4.79 Å². The molecule has 0 radical (unpaired) electrons. The molecule has 5 heteroatoms. The summed E-state index contributed by atoms with van der Waals surface area (Å²) in [5.74, 6) is 1.47. The first kappa shape index (κ1) is 14.6. The smallest absolute Gasteiger partial charge is 0.257 e. The van der Waals surface area contributed by atoms with E-state index in [2.05, 4.69) is 0 Å². The highest BCUT2D eigenvalue weighted by Crippen LogP contribution is 2.25. The van der Waals surface area contributed by atoms with Crippen LogP contribution in [0.2, 0.25) is 0 Å². The van der Waals surface area contributed by atoms with Crippen molar-refractivity contribution < 1.29 is 14.3 Å². The summed E-state index contributed by atoms with van der Waals surface area (Å²) in [6.45, 7) is 3.03. The maximum Gasteiger partial charge on any atom is 0.257 e. The third kappa shape index (κ3) is 3.29. The highest BCUT2D eigenvalue weighted by Gasteiger charge is 2.18. The molecule has 0 aliphatic heterocycles. The van der Waals surface area contributed by atoms with Gasteiger partial charge in [-0.1, -0.05) is 0 Å². The minimum absolute atomic E-state index is 0.103. The number of alkyl halides is 1. The van der Waals surface area contributed by atoms with Crippen LogP contribution in [0.5, 0.6) is 11.5 Å². The van der Waals surface area contributed by atoms with Crippen molar-refractivity contribution in [2.24, 2.45) is 0 Å². The Kier molecular flexibility index (Phi) is 5.78. The summed E-state index contributed by atoms with van der Waals surface area (Å²) in [5.41, 5.74) is 0.490. The highest BCUT2D eigenvalue weighted by atomic mass is 35.5. The molecule has 0 unspecified atom stereocenters. The van der Waals surface area contributed by atoms with Crippen LogP contribution >= 0.6 is 11.6 Å². The fourth-order valence-corrected chi connectivity index (χ4v) is 1.86. The van der Waals surface area contributed by atoms with Crippen molar-refractivity contribution >= 4 is 17.5 Å². The second-order valence-electron chi connectivity index (χ2n) is 3.64. The van der Waals surface area contributed by atoms with Gasteiger partial charge >= 0.3 is 0 Å². The second-order valence-corrected chi connectivity index (χ2v) is 4.02. The molecule has 0 atom stereocenters. The number of carbonyl (C=O) groups excluding carboxylic acids is 1. The first-order valence-corrected chi connectivity index (χ1v) is 6.28. The number of hydrogen-bond acceptors (Lipinski definition) is 3. The number of methoxy groups -OCH3 is 2. The van der Waals surface area contributed by atoms with Crippen LogP contribution in [0.4, 0.5) is 0 Å². The van der Waals surface area contributed by atoms with E-state index in [0.717, 1.165) is 0 Å². The van der Waals surface area contributed by atoms with E-state index in [-0.39, 0.29) is 5.91 Å². The predicted octanol–water partition coefficient (Wildman–Crippen LogP) is 2.40. The van der Waals surface area contributed by atoms with Gasteiger partial charge in [0.05, 0.1) is 19.8 Å². The number of nitrogens with zero attached hydrogens (tertiary/aromatic N) is 1. The second kappa shape index (κ2) is 7.11. The predicted molar refractivity (Wildman–Crippen MR) is 71.8 cm³/mol. The van der Waals surface area contributed by atoms with Crippen LogP contribution in [0.25, 0.3) is 0 Å². The number of rotatable bonds is 6. The van der Waals surface area contributed by atoms with Crippen molar-refractivity contribution in [2.75, 3.05) is 33.2 Å². The van der Waals surface area contributed by atoms with Crippen molar-refractivity contribution in [3.63, 3.8) is 0 Å². The Morgan fingerprint density at radius 3 is 2.56 bits per heavy atom. The molecule has 0 bridgehead atoms. The first-order chi connectivity index (χ1) is 8.67. The number of halogens is 1. The first-order valence-electron chi connectivity index (χ1n) is 5.75. The molecule has 4 nitrogen and oxygen atoms in total. The summed E-state index contributed by atoms with van der Waals surface area (Å²) in [5, 5.41) is 0. The van der Waals surface area contributed by atoms with Gasteiger partial charge in [-0.15, -0.1) is 11.6 Å². The maximum absolute atomic E-state index is 12.3. The lowest BCUT2D eigenvalue weighted by Gasteiger charge is -2.21. The number of amides is 1. The molecule has 1 rings (SSSR count). The normalized spacial score (nSPS) is 10.0. The van der Waals surface area contributed by atoms with Crippen molar-refractivity contribution in [2.45, 2.75) is 6.92 Å². The SMILES string of the molecule is CCN(CCCl)C(=O)c1cc(OC)ccc1OC. The van der Waals surface area contributed by atoms with Crippen LogP contribution in [-0.4, -0.2) is 44.0 Å². The zero-order chi connectivity index (χ0) is 13.5. The Morgan fingerprint density at radius 1 is 1.33 bits per heavy atom. The lowest BCUT2D eigenvalue weighted by atomic mass is 10.1. The molecule has 0 aromatic heterocycles. The zero-order valence-electron chi connectivity index (χ0n) is 10.9. The molecule has 0 aliphatic rings. The molecule has 0 fully saturated rings. The van der Waals surface area contributed by atoms with Crippen molar-refractivity contribution in [3.8, 4) is 11.5 Å². The van der Waals surface area contributed by atoms with Gasteiger partial charge in [0.1, 0.15) is 11.5 Å². The van der Waals surface area contributed by atoms with Crippen LogP contribution in [0.1, 0.15) is 17.3 Å². The van der Waals surface area contributed by atoms with Crippen molar-refractivity contribution in [1.82, 2.24) is 4.90 Å². The molecule has 1 aromatic carbocycles. The average molecular weight is 272 g/mol. The van der Waals surface area contributed by atoms with E-state index in [9.17, 15) is 4.79 Å². The minimum atomic E-state index is -0.103. The van der Waals surface area contributed by atoms with E-state index in [4.69, 9.17) is 21.1 Å². The summed E-state index contributed by atoms with van der Waals surface area (Å²) in [6, 6.07) is 5.16. The van der Waals surface area contributed by atoms with Crippen molar-refractivity contribution in [1.29, 1.82) is 0 Å². The molecule has 1 amide bonds. The number of hydrogen-bond donors (Lipinski definition) is 0. The molecule has 0 N–H and O–H groups in total. The Balaban J connectivity index is 3.08. The fourth-order valence-electron chi connectivity index (χ4n) is 1.66. The van der Waals surface area contributed by atoms with E-state index < -0.39 is 0 Å². The Labute approximate surface area is 112 Å². The van der Waals surface area contributed by atoms with E-state index in [1.54, 1.807) is 30.2 Å². The fraction of sp³-hybridized carbons (Fsp3) is 0.462. The highest BCUT2D eigenvalue weighted by molar-refractivity contribution is 6.18. The van der Waals surface area contributed by atoms with E-state index in [1.807, 2.05) is 6.92 Å². The van der Waals surface area contributed by atoms with Gasteiger partial charge in [-0.2, -0.15) is 0 Å². The molecular weight excluding hydrogens is 254 g/mol. The molecule has 0 saturated carbocycles. The van der Waals surface area contributed by atoms with Gasteiger partial charge in [-0.05, 0) is 25.1 Å². The van der Waals surface area contributed by atoms with E-state index >= 15 is 0 Å². The third-order valence-corrected chi connectivity index (χ3v) is 2.83. The number of ether oxygens (including phenoxy) is 2. The van der Waals surface area contributed by atoms with Crippen molar-refractivity contribution in [3.05, 3.63) is 23.8 Å². The molecule has 0 heterocycles. The molecule has 18 heavy (non-hydrogen) atoms. The van der Waals surface area contributed by atoms with Gasteiger partial charge in [0.25, 0.3) is 5.91 Å². The van der Waals surface area contributed by atoms with E-state index in [1.165, 1.54) is 7.11 Å². The van der Waals surface area contributed by atoms with Gasteiger partial charge in [0.2, 0.25) is 0 Å². The van der Waals surface area contributed by atoms with Crippen LogP contribution in [0.3, 0.4) is 0 Å². The monoisotopic (exact) mass is 271 g/mol. The lowest BCUT2D eigenvalue weighted by Crippen LogP contribution is -2.32. The molecule has 0 saturated heterocycles. The summed E-state index contributed by atoms with van der Waals surface area (Å²) in [4.78, 5) is 14.0. The third-order valence-electron chi connectivity index (χ3n) is 2.66. The average Bonchev–Trinajstić information content (AvgIpc) is 2.43. The quantitative estimate of drug-likeness (QED) is 0.746. The van der Waals surface area contributed by atoms with E-state index in [0.29, 0.717) is 36.0 Å². The standard InChI is InChI=1S/C13H18ClNO3/c1-4-15(8-7-14)13(16)11-9-10(17-2)5-6-12(11)18-3/h5-6,9H,4,7-8H2,1-3H3. The molecule has 0 spiro atoms. The Morgan fingerprint density at radius 2 is 2.06 bits per heavy atom. The summed E-state index contributed by atoms with van der Waals surface area (Å²) < 4.78 is 10.3. The number of benzene rings is 1. The molecule has 1 aromatic rings. The summed E-state index contributed by atoms with van der Waals surface area (Å²) in [6.07, 6.45) is 0. The van der Waals surface area contributed by atoms with Gasteiger partial charge < -0.3 is 14.4 Å². The van der Waals surface area contributed by atoms with Gasteiger partial charge in [0, 0.05) is 19.0 Å².